The van der Waals surface area contributed by atoms with Gasteiger partial charge < -0.3 is 24.3 Å². The maximum absolute atomic E-state index is 14.7. The molecule has 0 saturated heterocycles. The molecular weight excluding hydrogens is 670 g/mol. The van der Waals surface area contributed by atoms with Gasteiger partial charge in [-0.3, -0.25) is 19.2 Å². The maximum atomic E-state index is 14.7. The smallest absolute Gasteiger partial charge is 0.308 e. The van der Waals surface area contributed by atoms with Crippen LogP contribution in [0.1, 0.15) is 96.1 Å². The summed E-state index contributed by atoms with van der Waals surface area (Å²) in [6, 6.07) is 4.63. The second-order valence-electron chi connectivity index (χ2n) is 14.6. The third kappa shape index (κ3) is 9.28. The van der Waals surface area contributed by atoms with Crippen LogP contribution < -0.4 is 10.1 Å². The van der Waals surface area contributed by atoms with Gasteiger partial charge in [-0.1, -0.05) is 51.3 Å². The highest BCUT2D eigenvalue weighted by molar-refractivity contribution is 6.04. The van der Waals surface area contributed by atoms with Crippen LogP contribution in [0.2, 0.25) is 0 Å². The molecular formula is C38H47F4N3O6. The third-order valence-corrected chi connectivity index (χ3v) is 8.95. The van der Waals surface area contributed by atoms with Crippen molar-refractivity contribution in [3.63, 3.8) is 0 Å². The molecule has 1 fully saturated rings. The van der Waals surface area contributed by atoms with E-state index in [4.69, 9.17) is 9.47 Å². The molecule has 0 bridgehead atoms. The zero-order valence-electron chi connectivity index (χ0n) is 30.2. The number of para-hydroxylation sites is 1. The number of nitrogens with zero attached hydrogens (tertiary/aromatic N) is 2. The Balaban J connectivity index is 1.67. The fourth-order valence-electron chi connectivity index (χ4n) is 6.63. The molecule has 1 aliphatic carbocycles. The lowest BCUT2D eigenvalue weighted by atomic mass is 9.92. The highest BCUT2D eigenvalue weighted by Crippen LogP contribution is 2.32. The molecule has 278 valence electrons. The molecule has 51 heavy (non-hydrogen) atoms. The lowest BCUT2D eigenvalue weighted by Crippen LogP contribution is -2.56. The Labute approximate surface area is 295 Å². The molecule has 1 N–H and O–H groups in total. The van der Waals surface area contributed by atoms with Crippen molar-refractivity contribution in [1.82, 2.24) is 14.8 Å². The molecule has 4 rings (SSSR count). The van der Waals surface area contributed by atoms with E-state index >= 15 is 0 Å². The average Bonchev–Trinajstić information content (AvgIpc) is 3.33. The molecule has 1 heterocycles. The second-order valence-corrected chi connectivity index (χ2v) is 14.6. The zero-order chi connectivity index (χ0) is 37.8. The number of hydrogen-bond donors (Lipinski definition) is 1. The van der Waals surface area contributed by atoms with Gasteiger partial charge >= 0.3 is 5.97 Å². The number of hydrogen-bond acceptors (Lipinski definition) is 6. The van der Waals surface area contributed by atoms with Gasteiger partial charge in [0, 0.05) is 30.1 Å². The number of aryl methyl sites for hydroxylation is 1. The van der Waals surface area contributed by atoms with Crippen molar-refractivity contribution < 1.29 is 46.2 Å². The van der Waals surface area contributed by atoms with Crippen molar-refractivity contribution in [1.29, 1.82) is 0 Å². The summed E-state index contributed by atoms with van der Waals surface area (Å²) in [5, 5.41) is 3.47. The molecule has 2 atom stereocenters. The molecule has 0 spiro atoms. The molecule has 1 unspecified atom stereocenters. The van der Waals surface area contributed by atoms with Crippen LogP contribution in [0.15, 0.2) is 30.3 Å². The van der Waals surface area contributed by atoms with Gasteiger partial charge in [-0.15, -0.1) is 0 Å². The minimum absolute atomic E-state index is 0.00448. The highest BCUT2D eigenvalue weighted by atomic mass is 19.2. The number of rotatable bonds is 13. The second kappa shape index (κ2) is 16.3. The summed E-state index contributed by atoms with van der Waals surface area (Å²) in [4.78, 5) is 56.6. The van der Waals surface area contributed by atoms with Crippen molar-refractivity contribution >= 4 is 34.5 Å². The summed E-state index contributed by atoms with van der Waals surface area (Å²) < 4.78 is 68.2. The molecule has 1 aromatic heterocycles. The first-order valence-corrected chi connectivity index (χ1v) is 17.3. The average molecular weight is 718 g/mol. The minimum atomic E-state index is -1.85. The summed E-state index contributed by atoms with van der Waals surface area (Å²) in [6.07, 6.45) is 3.91. The van der Waals surface area contributed by atoms with Gasteiger partial charge in [-0.2, -0.15) is 8.78 Å². The third-order valence-electron chi connectivity index (χ3n) is 8.95. The number of ether oxygens (including phenoxy) is 2. The number of carbonyl (C=O) groups is 4. The lowest BCUT2D eigenvalue weighted by Gasteiger charge is -2.38. The fraction of sp³-hybridized carbons (Fsp3) is 0.526. The number of carbonyl (C=O) groups excluding carboxylic acids is 4. The van der Waals surface area contributed by atoms with Crippen LogP contribution in [0.25, 0.3) is 10.9 Å². The van der Waals surface area contributed by atoms with Gasteiger partial charge in [0.15, 0.2) is 23.2 Å². The first-order valence-electron chi connectivity index (χ1n) is 17.3. The first kappa shape index (κ1) is 39.4. The summed E-state index contributed by atoms with van der Waals surface area (Å²) in [6.45, 7) is 9.31. The molecule has 2 amide bonds. The molecule has 9 nitrogen and oxygen atoms in total. The molecule has 1 saturated carbocycles. The maximum Gasteiger partial charge on any atom is 0.308 e. The summed E-state index contributed by atoms with van der Waals surface area (Å²) in [7, 11) is 1.81. The fourth-order valence-corrected chi connectivity index (χ4v) is 6.63. The number of ketones is 1. The topological polar surface area (TPSA) is 107 Å². The van der Waals surface area contributed by atoms with Gasteiger partial charge in [-0.05, 0) is 64.5 Å². The van der Waals surface area contributed by atoms with Crippen molar-refractivity contribution in [2.45, 2.75) is 110 Å². The van der Waals surface area contributed by atoms with Crippen molar-refractivity contribution in [2.75, 3.05) is 6.61 Å². The van der Waals surface area contributed by atoms with E-state index in [-0.39, 0.29) is 23.9 Å². The Morgan fingerprint density at radius 1 is 0.961 bits per heavy atom. The SMILES string of the molecule is CC(C)Cc1c(C(=O)N(C2CCCCC2)[C@@H](C)C(=O)NC(CC(=O)OC(C)(C)C)C(=O)COc2c(F)c(F)cc(F)c2F)n(C)c2ccccc12. The molecule has 0 aliphatic heterocycles. The predicted molar refractivity (Wildman–Crippen MR) is 183 cm³/mol. The van der Waals surface area contributed by atoms with Crippen molar-refractivity contribution in [3.8, 4) is 5.75 Å². The quantitative estimate of drug-likeness (QED) is 0.116. The Hall–Kier alpha value is -4.42. The molecule has 3 aromatic rings. The predicted octanol–water partition coefficient (Wildman–Crippen LogP) is 6.96. The number of fused-ring (bicyclic) bond motifs is 1. The number of esters is 1. The van der Waals surface area contributed by atoms with E-state index in [9.17, 15) is 36.7 Å². The number of nitrogens with one attached hydrogen (secondary N) is 1. The summed E-state index contributed by atoms with van der Waals surface area (Å²) >= 11 is 0. The van der Waals surface area contributed by atoms with Gasteiger partial charge in [0.2, 0.25) is 17.5 Å². The number of halogens is 4. The molecule has 1 aliphatic rings. The van der Waals surface area contributed by atoms with Crippen LogP contribution in [-0.2, 0) is 32.6 Å². The molecule has 13 heteroatoms. The van der Waals surface area contributed by atoms with Crippen LogP contribution in [0, 0.1) is 29.2 Å². The number of aromatic nitrogens is 1. The van der Waals surface area contributed by atoms with Crippen molar-refractivity contribution in [2.24, 2.45) is 13.0 Å². The Kier molecular flexibility index (Phi) is 12.6. The van der Waals surface area contributed by atoms with E-state index in [2.05, 4.69) is 19.2 Å². The van der Waals surface area contributed by atoms with Crippen LogP contribution >= 0.6 is 0 Å². The van der Waals surface area contributed by atoms with E-state index in [0.29, 0.717) is 25.0 Å². The monoisotopic (exact) mass is 717 g/mol. The van der Waals surface area contributed by atoms with Crippen molar-refractivity contribution in [3.05, 3.63) is 64.9 Å². The Bertz CT molecular complexity index is 1750. The lowest BCUT2D eigenvalue weighted by molar-refractivity contribution is -0.156. The number of amides is 2. The van der Waals surface area contributed by atoms with Crippen LogP contribution in [0.5, 0.6) is 5.75 Å². The summed E-state index contributed by atoms with van der Waals surface area (Å²) in [5.74, 6) is -11.4. The summed E-state index contributed by atoms with van der Waals surface area (Å²) in [5.41, 5.74) is 1.23. The molecule has 0 radical (unpaired) electrons. The van der Waals surface area contributed by atoms with E-state index in [1.165, 1.54) is 0 Å². The van der Waals surface area contributed by atoms with Gasteiger partial charge in [0.25, 0.3) is 5.91 Å². The van der Waals surface area contributed by atoms with Crippen LogP contribution in [0.3, 0.4) is 0 Å². The van der Waals surface area contributed by atoms with E-state index in [1.54, 1.807) is 32.6 Å². The first-order chi connectivity index (χ1) is 23.9. The highest BCUT2D eigenvalue weighted by Gasteiger charge is 2.38. The van der Waals surface area contributed by atoms with Gasteiger partial charge in [-0.25, -0.2) is 8.78 Å². The largest absolute Gasteiger partial charge is 0.479 e. The zero-order valence-corrected chi connectivity index (χ0v) is 30.2. The van der Waals surface area contributed by atoms with Gasteiger partial charge in [0.1, 0.15) is 30.0 Å². The Morgan fingerprint density at radius 2 is 1.57 bits per heavy atom. The standard InChI is InChI=1S/C38H47F4N3O6/c1-21(2)17-25-24-15-11-12-16-29(24)44(7)34(25)37(49)45(23-13-9-8-10-14-23)22(3)36(48)43-28(19-31(47)51-38(4,5)6)30(46)20-50-35-32(41)26(39)18-27(40)33(35)42/h11-12,15-16,18,21-23,28H,8-10,13-14,17,19-20H2,1-7H3,(H,43,48)/t22-,28?/m0/s1. The minimum Gasteiger partial charge on any atom is -0.479 e. The van der Waals surface area contributed by atoms with E-state index < -0.39 is 77.4 Å². The van der Waals surface area contributed by atoms with E-state index in [1.807, 2.05) is 35.9 Å². The normalized spacial score (nSPS) is 15.1. The number of Topliss-reactive ketones (excluding diaryl/α,β-unsaturated/α-hetero) is 1. The van der Waals surface area contributed by atoms with Crippen LogP contribution in [0.4, 0.5) is 17.6 Å². The van der Waals surface area contributed by atoms with Crippen LogP contribution in [-0.4, -0.2) is 63.4 Å². The van der Waals surface area contributed by atoms with Gasteiger partial charge in [0.05, 0.1) is 6.42 Å². The number of benzene rings is 2. The Morgan fingerprint density at radius 3 is 2.16 bits per heavy atom. The van der Waals surface area contributed by atoms with E-state index in [0.717, 1.165) is 35.7 Å². The molecule has 2 aromatic carbocycles.